The van der Waals surface area contributed by atoms with Gasteiger partial charge in [-0.1, -0.05) is 70.1 Å². The van der Waals surface area contributed by atoms with E-state index >= 15 is 0 Å². The monoisotopic (exact) mass is 371 g/mol. The lowest BCUT2D eigenvalue weighted by Crippen LogP contribution is -2.01. The Labute approximate surface area is 162 Å². The predicted octanol–water partition coefficient (Wildman–Crippen LogP) is 6.22. The van der Waals surface area contributed by atoms with Crippen molar-refractivity contribution in [3.63, 3.8) is 0 Å². The zero-order valence-corrected chi connectivity index (χ0v) is 16.6. The summed E-state index contributed by atoms with van der Waals surface area (Å²) in [4.78, 5) is 23.5. The average Bonchev–Trinajstić information content (AvgIpc) is 3.02. The summed E-state index contributed by atoms with van der Waals surface area (Å²) < 4.78 is 2.03. The number of para-hydroxylation sites is 1. The van der Waals surface area contributed by atoms with E-state index in [2.05, 4.69) is 6.92 Å². The fourth-order valence-corrected chi connectivity index (χ4v) is 3.61. The van der Waals surface area contributed by atoms with Crippen LogP contribution in [0.1, 0.15) is 87.9 Å². The van der Waals surface area contributed by atoms with E-state index in [0.717, 1.165) is 29.3 Å². The Hall–Kier alpha value is -2.10. The maximum Gasteiger partial charge on any atom is 0.303 e. The third-order valence-corrected chi connectivity index (χ3v) is 5.14. The maximum atomic E-state index is 12.7. The Bertz CT molecular complexity index is 732. The molecule has 0 aliphatic rings. The van der Waals surface area contributed by atoms with Gasteiger partial charge in [0.05, 0.1) is 0 Å². The van der Waals surface area contributed by atoms with Gasteiger partial charge in [-0.25, -0.2) is 0 Å². The number of unbranched alkanes of at least 4 members (excludes halogenated alkanes) is 7. The van der Waals surface area contributed by atoms with E-state index < -0.39 is 5.97 Å². The minimum absolute atomic E-state index is 0.147. The lowest BCUT2D eigenvalue weighted by atomic mass is 10.0. The van der Waals surface area contributed by atoms with Gasteiger partial charge in [0, 0.05) is 42.0 Å². The molecule has 1 N–H and O–H groups in total. The first-order chi connectivity index (χ1) is 13.1. The molecule has 1 aromatic heterocycles. The molecule has 0 bridgehead atoms. The van der Waals surface area contributed by atoms with Crippen LogP contribution in [0.3, 0.4) is 0 Å². The summed E-state index contributed by atoms with van der Waals surface area (Å²) >= 11 is 0. The summed E-state index contributed by atoms with van der Waals surface area (Å²) in [7, 11) is 0. The average molecular weight is 372 g/mol. The number of aliphatic carboxylic acids is 1. The largest absolute Gasteiger partial charge is 0.481 e. The molecule has 0 amide bonds. The Kier molecular flexibility index (Phi) is 9.09. The van der Waals surface area contributed by atoms with Crippen molar-refractivity contribution >= 4 is 22.7 Å². The number of aryl methyl sites for hydroxylation is 1. The highest BCUT2D eigenvalue weighted by Crippen LogP contribution is 2.24. The van der Waals surface area contributed by atoms with Crippen LogP contribution in [0.2, 0.25) is 0 Å². The van der Waals surface area contributed by atoms with Gasteiger partial charge >= 0.3 is 5.97 Å². The van der Waals surface area contributed by atoms with E-state index in [4.69, 9.17) is 5.11 Å². The summed E-state index contributed by atoms with van der Waals surface area (Å²) in [5.74, 6) is -0.577. The number of fused-ring (bicyclic) bond motifs is 1. The van der Waals surface area contributed by atoms with Gasteiger partial charge in [-0.05, 0) is 18.9 Å². The number of carbonyl (C=O) groups is 2. The van der Waals surface area contributed by atoms with Crippen LogP contribution in [0.4, 0.5) is 0 Å². The van der Waals surface area contributed by atoms with Crippen LogP contribution in [-0.4, -0.2) is 21.4 Å². The van der Waals surface area contributed by atoms with E-state index in [1.54, 1.807) is 0 Å². The Morgan fingerprint density at radius 3 is 2.26 bits per heavy atom. The molecule has 0 saturated carbocycles. The molecule has 4 nitrogen and oxygen atoms in total. The molecule has 148 valence electrons. The second-order valence-corrected chi connectivity index (χ2v) is 7.40. The van der Waals surface area contributed by atoms with Gasteiger partial charge in [-0.2, -0.15) is 0 Å². The molecule has 0 spiro atoms. The number of nitrogens with zero attached hydrogens (tertiary/aromatic N) is 1. The fraction of sp³-hybridized carbons (Fsp3) is 0.565. The van der Waals surface area contributed by atoms with E-state index in [1.165, 1.54) is 38.5 Å². The maximum absolute atomic E-state index is 12.7. The van der Waals surface area contributed by atoms with Crippen molar-refractivity contribution in [1.29, 1.82) is 0 Å². The normalized spacial score (nSPS) is 11.1. The molecule has 2 rings (SSSR count). The van der Waals surface area contributed by atoms with Gasteiger partial charge in [0.2, 0.25) is 0 Å². The zero-order chi connectivity index (χ0) is 19.5. The van der Waals surface area contributed by atoms with Gasteiger partial charge in [0.25, 0.3) is 0 Å². The standard InChI is InChI=1S/C23H33NO3/c1-2-3-4-5-6-7-8-9-15-22(25)20-18-24(17-12-16-23(26)27)21-14-11-10-13-19(20)21/h10-11,13-14,18H,2-9,12,15-17H2,1H3,(H,26,27). The van der Waals surface area contributed by atoms with Gasteiger partial charge < -0.3 is 9.67 Å². The van der Waals surface area contributed by atoms with E-state index in [0.29, 0.717) is 19.4 Å². The summed E-state index contributed by atoms with van der Waals surface area (Å²) in [5.41, 5.74) is 1.80. The summed E-state index contributed by atoms with van der Waals surface area (Å²) in [6.45, 7) is 2.85. The molecule has 0 fully saturated rings. The number of carboxylic acids is 1. The van der Waals surface area contributed by atoms with Crippen LogP contribution in [0.5, 0.6) is 0 Å². The van der Waals surface area contributed by atoms with Crippen molar-refractivity contribution in [3.05, 3.63) is 36.0 Å². The molecule has 0 unspecified atom stereocenters. The number of hydrogen-bond acceptors (Lipinski definition) is 2. The van der Waals surface area contributed by atoms with Crippen molar-refractivity contribution < 1.29 is 14.7 Å². The van der Waals surface area contributed by atoms with E-state index in [1.807, 2.05) is 35.0 Å². The summed E-state index contributed by atoms with van der Waals surface area (Å²) in [6.07, 6.45) is 13.0. The van der Waals surface area contributed by atoms with Gasteiger partial charge in [0.1, 0.15) is 0 Å². The van der Waals surface area contributed by atoms with Crippen LogP contribution < -0.4 is 0 Å². The van der Waals surface area contributed by atoms with Crippen molar-refractivity contribution in [2.75, 3.05) is 0 Å². The van der Waals surface area contributed by atoms with Crippen LogP contribution >= 0.6 is 0 Å². The summed E-state index contributed by atoms with van der Waals surface area (Å²) in [5, 5.41) is 9.82. The number of ketones is 1. The zero-order valence-electron chi connectivity index (χ0n) is 16.6. The number of hydrogen-bond donors (Lipinski definition) is 1. The van der Waals surface area contributed by atoms with Gasteiger partial charge in [-0.3, -0.25) is 9.59 Å². The van der Waals surface area contributed by atoms with Crippen molar-refractivity contribution in [3.8, 4) is 0 Å². The number of Topliss-reactive ketones (excluding diaryl/α,β-unsaturated/α-hetero) is 1. The third-order valence-electron chi connectivity index (χ3n) is 5.14. The molecule has 2 aromatic rings. The lowest BCUT2D eigenvalue weighted by Gasteiger charge is -2.03. The lowest BCUT2D eigenvalue weighted by molar-refractivity contribution is -0.137. The predicted molar refractivity (Wildman–Crippen MR) is 110 cm³/mol. The van der Waals surface area contributed by atoms with Crippen molar-refractivity contribution in [2.24, 2.45) is 0 Å². The van der Waals surface area contributed by atoms with Gasteiger partial charge in [-0.15, -0.1) is 0 Å². The number of carbonyl (C=O) groups excluding carboxylic acids is 1. The molecule has 4 heteroatoms. The highest BCUT2D eigenvalue weighted by atomic mass is 16.4. The van der Waals surface area contributed by atoms with Crippen molar-refractivity contribution in [1.82, 2.24) is 4.57 Å². The van der Waals surface area contributed by atoms with E-state index in [9.17, 15) is 9.59 Å². The number of aromatic nitrogens is 1. The van der Waals surface area contributed by atoms with Crippen LogP contribution in [0, 0.1) is 0 Å². The minimum Gasteiger partial charge on any atom is -0.481 e. The molecule has 1 heterocycles. The second-order valence-electron chi connectivity index (χ2n) is 7.40. The number of benzene rings is 1. The molecule has 0 atom stereocenters. The fourth-order valence-electron chi connectivity index (χ4n) is 3.61. The molecule has 0 aliphatic carbocycles. The number of carboxylic acid groups (broad SMARTS) is 1. The molecule has 1 aromatic carbocycles. The topological polar surface area (TPSA) is 59.3 Å². The SMILES string of the molecule is CCCCCCCCCCC(=O)c1cn(CCCC(=O)O)c2ccccc12. The first kappa shape index (κ1) is 21.2. The van der Waals surface area contributed by atoms with E-state index in [-0.39, 0.29) is 12.2 Å². The second kappa shape index (κ2) is 11.6. The highest BCUT2D eigenvalue weighted by molar-refractivity contribution is 6.08. The Balaban J connectivity index is 1.87. The molecule has 27 heavy (non-hydrogen) atoms. The third kappa shape index (κ3) is 6.85. The summed E-state index contributed by atoms with van der Waals surface area (Å²) in [6, 6.07) is 7.91. The molecular weight excluding hydrogens is 338 g/mol. The molecule has 0 saturated heterocycles. The number of rotatable bonds is 14. The highest BCUT2D eigenvalue weighted by Gasteiger charge is 2.14. The first-order valence-corrected chi connectivity index (χ1v) is 10.5. The smallest absolute Gasteiger partial charge is 0.303 e. The van der Waals surface area contributed by atoms with Crippen LogP contribution in [0.15, 0.2) is 30.5 Å². The Morgan fingerprint density at radius 2 is 1.56 bits per heavy atom. The van der Waals surface area contributed by atoms with Crippen LogP contribution in [-0.2, 0) is 11.3 Å². The van der Waals surface area contributed by atoms with Crippen molar-refractivity contribution in [2.45, 2.75) is 84.1 Å². The Morgan fingerprint density at radius 1 is 0.889 bits per heavy atom. The molecule has 0 aliphatic heterocycles. The van der Waals surface area contributed by atoms with Gasteiger partial charge in [0.15, 0.2) is 5.78 Å². The minimum atomic E-state index is -0.780. The first-order valence-electron chi connectivity index (χ1n) is 10.5. The molecular formula is C23H33NO3. The quantitative estimate of drug-likeness (QED) is 0.317. The molecule has 0 radical (unpaired) electrons. The van der Waals surface area contributed by atoms with Crippen LogP contribution in [0.25, 0.3) is 10.9 Å².